The molecule has 0 aliphatic carbocycles. The number of carbonyl (C=O) groups excluding carboxylic acids is 1. The number of ether oxygens (including phenoxy) is 1. The van der Waals surface area contributed by atoms with Gasteiger partial charge in [0.05, 0.1) is 6.54 Å². The fraction of sp³-hybridized carbons (Fsp3) is 0.619. The molecule has 0 aromatic heterocycles. The van der Waals surface area contributed by atoms with Crippen LogP contribution in [0.15, 0.2) is 29.3 Å². The van der Waals surface area contributed by atoms with Gasteiger partial charge in [0.2, 0.25) is 5.91 Å². The van der Waals surface area contributed by atoms with Crippen LogP contribution in [-0.2, 0) is 4.79 Å². The first-order valence-corrected chi connectivity index (χ1v) is 10.0. The van der Waals surface area contributed by atoms with Crippen molar-refractivity contribution in [3.8, 4) is 5.75 Å². The van der Waals surface area contributed by atoms with Crippen molar-refractivity contribution < 1.29 is 9.53 Å². The molecule has 0 radical (unpaired) electrons. The van der Waals surface area contributed by atoms with Crippen LogP contribution in [0.4, 0.5) is 0 Å². The van der Waals surface area contributed by atoms with Crippen LogP contribution in [0.1, 0.15) is 51.5 Å². The number of aliphatic imine (C=N–C) groups is 1. The highest BCUT2D eigenvalue weighted by atomic mass is 16.5. The molecule has 0 bridgehead atoms. The van der Waals surface area contributed by atoms with Crippen molar-refractivity contribution in [1.82, 2.24) is 10.2 Å². The maximum absolute atomic E-state index is 11.2. The minimum atomic E-state index is -0.221. The van der Waals surface area contributed by atoms with Crippen molar-refractivity contribution in [3.63, 3.8) is 0 Å². The van der Waals surface area contributed by atoms with E-state index in [1.807, 2.05) is 18.2 Å². The molecule has 3 N–H and O–H groups in total. The van der Waals surface area contributed by atoms with Crippen LogP contribution in [0, 0.1) is 5.92 Å². The van der Waals surface area contributed by atoms with Crippen molar-refractivity contribution in [2.75, 3.05) is 32.8 Å². The molecule has 0 saturated carbocycles. The standard InChI is InChI=1S/C21H34N4O2/c1-4-23-21(25-12-7-8-17(15-25)14-20(22)26)24-11-13-27-19-10-6-5-9-18(19)16(2)3/h5-6,9-10,16-17H,4,7-8,11-15H2,1-3H3,(H2,22,26)(H,23,24). The SMILES string of the molecule is CCNC(=NCCOc1ccccc1C(C)C)N1CCCC(CC(N)=O)C1. The molecule has 150 valence electrons. The minimum absolute atomic E-state index is 0.221. The number of hydrogen-bond donors (Lipinski definition) is 2. The number of piperidine rings is 1. The Kier molecular flexibility index (Phi) is 8.43. The lowest BCUT2D eigenvalue weighted by Crippen LogP contribution is -2.47. The summed E-state index contributed by atoms with van der Waals surface area (Å²) in [4.78, 5) is 18.2. The molecule has 1 fully saturated rings. The highest BCUT2D eigenvalue weighted by molar-refractivity contribution is 5.80. The highest BCUT2D eigenvalue weighted by Crippen LogP contribution is 2.25. The van der Waals surface area contributed by atoms with E-state index < -0.39 is 0 Å². The number of para-hydroxylation sites is 1. The Hall–Kier alpha value is -2.24. The number of benzene rings is 1. The number of guanidine groups is 1. The molecule has 0 spiro atoms. The van der Waals surface area contributed by atoms with Crippen molar-refractivity contribution in [3.05, 3.63) is 29.8 Å². The Bertz CT molecular complexity index is 630. The number of nitrogens with two attached hydrogens (primary N) is 1. The molecular formula is C21H34N4O2. The lowest BCUT2D eigenvalue weighted by atomic mass is 9.95. The maximum Gasteiger partial charge on any atom is 0.217 e. The number of hydrogen-bond acceptors (Lipinski definition) is 3. The summed E-state index contributed by atoms with van der Waals surface area (Å²) in [7, 11) is 0. The summed E-state index contributed by atoms with van der Waals surface area (Å²) in [6.07, 6.45) is 2.56. The van der Waals surface area contributed by atoms with Gasteiger partial charge in [-0.15, -0.1) is 0 Å². The monoisotopic (exact) mass is 374 g/mol. The minimum Gasteiger partial charge on any atom is -0.491 e. The van der Waals surface area contributed by atoms with Crippen molar-refractivity contribution in [1.29, 1.82) is 0 Å². The lowest BCUT2D eigenvalue weighted by Gasteiger charge is -2.34. The number of rotatable bonds is 8. The van der Waals surface area contributed by atoms with Crippen LogP contribution in [0.5, 0.6) is 5.75 Å². The third-order valence-electron chi connectivity index (χ3n) is 4.79. The second-order valence-corrected chi connectivity index (χ2v) is 7.40. The summed E-state index contributed by atoms with van der Waals surface area (Å²) in [5.41, 5.74) is 6.59. The van der Waals surface area contributed by atoms with E-state index in [0.29, 0.717) is 31.4 Å². The summed E-state index contributed by atoms with van der Waals surface area (Å²) < 4.78 is 5.97. The largest absolute Gasteiger partial charge is 0.491 e. The normalized spacial score (nSPS) is 17.9. The zero-order chi connectivity index (χ0) is 19.6. The van der Waals surface area contributed by atoms with Gasteiger partial charge in [-0.2, -0.15) is 0 Å². The lowest BCUT2D eigenvalue weighted by molar-refractivity contribution is -0.119. The molecule has 6 nitrogen and oxygen atoms in total. The molecule has 1 atom stereocenters. The van der Waals surface area contributed by atoms with E-state index in [4.69, 9.17) is 15.5 Å². The van der Waals surface area contributed by atoms with E-state index in [2.05, 4.69) is 37.1 Å². The van der Waals surface area contributed by atoms with Crippen molar-refractivity contribution in [2.24, 2.45) is 16.6 Å². The van der Waals surface area contributed by atoms with Gasteiger partial charge in [-0.25, -0.2) is 4.99 Å². The van der Waals surface area contributed by atoms with Crippen LogP contribution in [0.25, 0.3) is 0 Å². The highest BCUT2D eigenvalue weighted by Gasteiger charge is 2.23. The maximum atomic E-state index is 11.2. The third kappa shape index (κ3) is 6.77. The van der Waals surface area contributed by atoms with Crippen LogP contribution in [-0.4, -0.2) is 49.6 Å². The zero-order valence-electron chi connectivity index (χ0n) is 16.9. The average Bonchev–Trinajstić information content (AvgIpc) is 2.64. The van der Waals surface area contributed by atoms with Gasteiger partial charge in [0, 0.05) is 26.1 Å². The smallest absolute Gasteiger partial charge is 0.217 e. The van der Waals surface area contributed by atoms with E-state index >= 15 is 0 Å². The van der Waals surface area contributed by atoms with E-state index in [-0.39, 0.29) is 5.91 Å². The summed E-state index contributed by atoms with van der Waals surface area (Å²) in [6, 6.07) is 8.17. The molecule has 1 heterocycles. The van der Waals surface area contributed by atoms with Crippen molar-refractivity contribution >= 4 is 11.9 Å². The molecule has 6 heteroatoms. The second-order valence-electron chi connectivity index (χ2n) is 7.40. The van der Waals surface area contributed by atoms with E-state index in [9.17, 15) is 4.79 Å². The predicted octanol–water partition coefficient (Wildman–Crippen LogP) is 2.74. The van der Waals surface area contributed by atoms with Gasteiger partial charge in [0.15, 0.2) is 5.96 Å². The Balaban J connectivity index is 1.92. The molecule has 1 amide bonds. The summed E-state index contributed by atoms with van der Waals surface area (Å²) >= 11 is 0. The number of nitrogens with zero attached hydrogens (tertiary/aromatic N) is 2. The molecule has 1 saturated heterocycles. The molecule has 1 aromatic carbocycles. The fourth-order valence-electron chi connectivity index (χ4n) is 3.53. The third-order valence-corrected chi connectivity index (χ3v) is 4.79. The molecule has 2 rings (SSSR count). The van der Waals surface area contributed by atoms with E-state index in [0.717, 1.165) is 44.2 Å². The Morgan fingerprint density at radius 1 is 1.41 bits per heavy atom. The van der Waals surface area contributed by atoms with Gasteiger partial charge in [0.1, 0.15) is 12.4 Å². The summed E-state index contributed by atoms with van der Waals surface area (Å²) in [5.74, 6) is 2.35. The Labute approximate surface area is 163 Å². The number of primary amides is 1. The quantitative estimate of drug-likeness (QED) is 0.417. The Morgan fingerprint density at radius 3 is 2.89 bits per heavy atom. The number of nitrogens with one attached hydrogen (secondary N) is 1. The predicted molar refractivity (Wildman–Crippen MR) is 110 cm³/mol. The fourth-order valence-corrected chi connectivity index (χ4v) is 3.53. The first kappa shape index (κ1) is 21.1. The first-order chi connectivity index (χ1) is 13.0. The van der Waals surface area contributed by atoms with Crippen LogP contribution >= 0.6 is 0 Å². The van der Waals surface area contributed by atoms with Crippen LogP contribution in [0.3, 0.4) is 0 Å². The van der Waals surface area contributed by atoms with Crippen molar-refractivity contribution in [2.45, 2.75) is 46.0 Å². The first-order valence-electron chi connectivity index (χ1n) is 10.0. The van der Waals surface area contributed by atoms with Gasteiger partial charge in [-0.3, -0.25) is 4.79 Å². The number of amides is 1. The van der Waals surface area contributed by atoms with Crippen LogP contribution in [0.2, 0.25) is 0 Å². The summed E-state index contributed by atoms with van der Waals surface area (Å²) in [5, 5.41) is 3.36. The zero-order valence-corrected chi connectivity index (χ0v) is 16.9. The topological polar surface area (TPSA) is 80.0 Å². The van der Waals surface area contributed by atoms with Gasteiger partial charge in [-0.1, -0.05) is 32.0 Å². The van der Waals surface area contributed by atoms with Gasteiger partial charge in [-0.05, 0) is 43.2 Å². The summed E-state index contributed by atoms with van der Waals surface area (Å²) in [6.45, 7) is 10.1. The molecule has 1 aliphatic rings. The molecule has 1 unspecified atom stereocenters. The molecule has 27 heavy (non-hydrogen) atoms. The van der Waals surface area contributed by atoms with Crippen LogP contribution < -0.4 is 15.8 Å². The van der Waals surface area contributed by atoms with E-state index in [1.165, 1.54) is 5.56 Å². The number of likely N-dealkylation sites (tertiary alicyclic amines) is 1. The Morgan fingerprint density at radius 2 is 2.19 bits per heavy atom. The average molecular weight is 375 g/mol. The second kappa shape index (κ2) is 10.8. The molecular weight excluding hydrogens is 340 g/mol. The van der Waals surface area contributed by atoms with Gasteiger partial charge >= 0.3 is 0 Å². The number of carbonyl (C=O) groups is 1. The van der Waals surface area contributed by atoms with E-state index in [1.54, 1.807) is 0 Å². The van der Waals surface area contributed by atoms with Gasteiger partial charge < -0.3 is 20.7 Å². The molecule has 1 aliphatic heterocycles. The van der Waals surface area contributed by atoms with Gasteiger partial charge in [0.25, 0.3) is 0 Å². The molecule has 1 aromatic rings.